The fourth-order valence-electron chi connectivity index (χ4n) is 2.59. The lowest BCUT2D eigenvalue weighted by atomic mass is 10.0. The Labute approximate surface area is 148 Å². The minimum atomic E-state index is -4.47. The van der Waals surface area contributed by atoms with Crippen LogP contribution < -0.4 is 0 Å². The number of alkyl halides is 3. The van der Waals surface area contributed by atoms with Gasteiger partial charge >= 0.3 is 12.1 Å². The second kappa shape index (κ2) is 7.55. The SMILES string of the molecule is CCN(C(=O)c1ccnc(C(=O)O)c1)C(C)c1cccc(C(F)(F)F)c1. The van der Waals surface area contributed by atoms with E-state index in [1.165, 1.54) is 29.3 Å². The molecule has 0 saturated carbocycles. The van der Waals surface area contributed by atoms with E-state index in [9.17, 15) is 22.8 Å². The fraction of sp³-hybridized carbons (Fsp3) is 0.278. The summed E-state index contributed by atoms with van der Waals surface area (Å²) >= 11 is 0. The minimum absolute atomic E-state index is 0.109. The smallest absolute Gasteiger partial charge is 0.416 e. The molecule has 0 radical (unpaired) electrons. The number of carboxylic acid groups (broad SMARTS) is 1. The van der Waals surface area contributed by atoms with E-state index in [1.807, 2.05) is 0 Å². The van der Waals surface area contributed by atoms with Crippen molar-refractivity contribution >= 4 is 11.9 Å². The van der Waals surface area contributed by atoms with Crippen LogP contribution in [0, 0.1) is 0 Å². The van der Waals surface area contributed by atoms with Crippen molar-refractivity contribution in [1.29, 1.82) is 0 Å². The lowest BCUT2D eigenvalue weighted by molar-refractivity contribution is -0.137. The van der Waals surface area contributed by atoms with Crippen LogP contribution in [0.4, 0.5) is 13.2 Å². The average molecular weight is 366 g/mol. The van der Waals surface area contributed by atoms with Crippen molar-refractivity contribution in [2.45, 2.75) is 26.1 Å². The lowest BCUT2D eigenvalue weighted by Gasteiger charge is -2.29. The second-order valence-electron chi connectivity index (χ2n) is 5.63. The zero-order chi connectivity index (χ0) is 19.5. The molecule has 0 saturated heterocycles. The number of benzene rings is 1. The third kappa shape index (κ3) is 4.19. The molecule has 26 heavy (non-hydrogen) atoms. The van der Waals surface area contributed by atoms with E-state index in [0.29, 0.717) is 5.56 Å². The van der Waals surface area contributed by atoms with Gasteiger partial charge in [-0.25, -0.2) is 9.78 Å². The number of rotatable bonds is 5. The molecule has 1 unspecified atom stereocenters. The predicted molar refractivity (Wildman–Crippen MR) is 87.8 cm³/mol. The van der Waals surface area contributed by atoms with Crippen LogP contribution in [0.3, 0.4) is 0 Å². The van der Waals surface area contributed by atoms with E-state index in [1.54, 1.807) is 13.8 Å². The number of pyridine rings is 1. The number of aromatic nitrogens is 1. The van der Waals surface area contributed by atoms with Crippen LogP contribution in [0.5, 0.6) is 0 Å². The maximum atomic E-state index is 12.9. The molecule has 1 aromatic heterocycles. The zero-order valence-electron chi connectivity index (χ0n) is 14.1. The minimum Gasteiger partial charge on any atom is -0.477 e. The molecule has 0 spiro atoms. The first-order chi connectivity index (χ1) is 12.1. The van der Waals surface area contributed by atoms with Gasteiger partial charge in [0.05, 0.1) is 11.6 Å². The maximum absolute atomic E-state index is 12.9. The second-order valence-corrected chi connectivity index (χ2v) is 5.63. The Morgan fingerprint density at radius 1 is 1.23 bits per heavy atom. The highest BCUT2D eigenvalue weighted by Crippen LogP contribution is 2.32. The van der Waals surface area contributed by atoms with Crippen molar-refractivity contribution in [3.63, 3.8) is 0 Å². The monoisotopic (exact) mass is 366 g/mol. The molecule has 0 fully saturated rings. The number of amides is 1. The van der Waals surface area contributed by atoms with E-state index in [2.05, 4.69) is 4.98 Å². The number of carbonyl (C=O) groups excluding carboxylic acids is 1. The number of aromatic carboxylic acids is 1. The number of hydrogen-bond donors (Lipinski definition) is 1. The Hall–Kier alpha value is -2.90. The van der Waals surface area contributed by atoms with Crippen LogP contribution in [-0.4, -0.2) is 33.4 Å². The fourth-order valence-corrected chi connectivity index (χ4v) is 2.59. The normalized spacial score (nSPS) is 12.5. The van der Waals surface area contributed by atoms with Crippen molar-refractivity contribution in [3.05, 3.63) is 65.0 Å². The summed E-state index contributed by atoms with van der Waals surface area (Å²) in [6.45, 7) is 3.55. The Balaban J connectivity index is 2.34. The highest BCUT2D eigenvalue weighted by atomic mass is 19.4. The molecular weight excluding hydrogens is 349 g/mol. The van der Waals surface area contributed by atoms with Crippen LogP contribution in [0.25, 0.3) is 0 Å². The largest absolute Gasteiger partial charge is 0.477 e. The topological polar surface area (TPSA) is 70.5 Å². The first-order valence-corrected chi connectivity index (χ1v) is 7.82. The number of hydrogen-bond acceptors (Lipinski definition) is 3. The van der Waals surface area contributed by atoms with Gasteiger partial charge in [0, 0.05) is 18.3 Å². The molecule has 1 heterocycles. The van der Waals surface area contributed by atoms with Gasteiger partial charge in [-0.05, 0) is 43.7 Å². The van der Waals surface area contributed by atoms with Crippen LogP contribution in [0.15, 0.2) is 42.6 Å². The molecule has 1 N–H and O–H groups in total. The predicted octanol–water partition coefficient (Wildman–Crippen LogP) is 4.02. The quantitative estimate of drug-likeness (QED) is 0.868. The number of carboxylic acids is 1. The first-order valence-electron chi connectivity index (χ1n) is 7.82. The Morgan fingerprint density at radius 2 is 1.92 bits per heavy atom. The number of nitrogens with zero attached hydrogens (tertiary/aromatic N) is 2. The Bertz CT molecular complexity index is 821. The molecule has 5 nitrogen and oxygen atoms in total. The van der Waals surface area contributed by atoms with Gasteiger partial charge in [-0.2, -0.15) is 13.2 Å². The van der Waals surface area contributed by atoms with Crippen LogP contribution in [0.1, 0.15) is 51.9 Å². The molecule has 0 aliphatic carbocycles. The van der Waals surface area contributed by atoms with Crippen LogP contribution in [0.2, 0.25) is 0 Å². The standard InChI is InChI=1S/C18H17F3N2O3/c1-3-23(16(24)13-7-8-22-15(10-13)17(25)26)11(2)12-5-4-6-14(9-12)18(19,20)21/h4-11H,3H2,1-2H3,(H,25,26). The first kappa shape index (κ1) is 19.4. The molecule has 138 valence electrons. The summed E-state index contributed by atoms with van der Waals surface area (Å²) in [5.41, 5.74) is -0.623. The lowest BCUT2D eigenvalue weighted by Crippen LogP contribution is -2.33. The van der Waals surface area contributed by atoms with E-state index in [-0.39, 0.29) is 17.8 Å². The summed E-state index contributed by atoms with van der Waals surface area (Å²) in [6, 6.07) is 6.68. The Morgan fingerprint density at radius 3 is 2.50 bits per heavy atom. The van der Waals surface area contributed by atoms with E-state index in [4.69, 9.17) is 5.11 Å². The van der Waals surface area contributed by atoms with Crippen molar-refractivity contribution in [3.8, 4) is 0 Å². The van der Waals surface area contributed by atoms with Crippen molar-refractivity contribution in [1.82, 2.24) is 9.88 Å². The molecular formula is C18H17F3N2O3. The highest BCUT2D eigenvalue weighted by molar-refractivity contribution is 5.96. The molecule has 1 amide bonds. The van der Waals surface area contributed by atoms with Crippen molar-refractivity contribution < 1.29 is 27.9 Å². The van der Waals surface area contributed by atoms with Gasteiger partial charge in [-0.15, -0.1) is 0 Å². The van der Waals surface area contributed by atoms with Crippen LogP contribution in [-0.2, 0) is 6.18 Å². The van der Waals surface area contributed by atoms with Crippen molar-refractivity contribution in [2.75, 3.05) is 6.54 Å². The summed E-state index contributed by atoms with van der Waals surface area (Å²) < 4.78 is 38.7. The maximum Gasteiger partial charge on any atom is 0.416 e. The number of halogens is 3. The van der Waals surface area contributed by atoms with Gasteiger partial charge in [0.2, 0.25) is 0 Å². The molecule has 0 aliphatic heterocycles. The summed E-state index contributed by atoms with van der Waals surface area (Å²) in [5, 5.41) is 8.99. The summed E-state index contributed by atoms with van der Waals surface area (Å²) in [7, 11) is 0. The number of carbonyl (C=O) groups is 2. The molecule has 2 aromatic rings. The molecule has 0 aliphatic rings. The van der Waals surface area contributed by atoms with Crippen LogP contribution >= 0.6 is 0 Å². The van der Waals surface area contributed by atoms with Gasteiger partial charge in [-0.1, -0.05) is 12.1 Å². The van der Waals surface area contributed by atoms with Crippen molar-refractivity contribution in [2.24, 2.45) is 0 Å². The molecule has 1 atom stereocenters. The highest BCUT2D eigenvalue weighted by Gasteiger charge is 2.31. The summed E-state index contributed by atoms with van der Waals surface area (Å²) in [5.74, 6) is -1.75. The summed E-state index contributed by atoms with van der Waals surface area (Å²) in [4.78, 5) is 28.8. The molecule has 1 aromatic carbocycles. The molecule has 8 heteroatoms. The summed E-state index contributed by atoms with van der Waals surface area (Å²) in [6.07, 6.45) is -3.27. The van der Waals surface area contributed by atoms with E-state index in [0.717, 1.165) is 18.2 Å². The zero-order valence-corrected chi connectivity index (χ0v) is 14.1. The van der Waals surface area contributed by atoms with Gasteiger partial charge in [0.25, 0.3) is 5.91 Å². The van der Waals surface area contributed by atoms with Gasteiger partial charge in [-0.3, -0.25) is 4.79 Å². The van der Waals surface area contributed by atoms with Gasteiger partial charge in [0.15, 0.2) is 0 Å². The third-order valence-corrected chi connectivity index (χ3v) is 3.99. The molecule has 2 rings (SSSR count). The average Bonchev–Trinajstić information content (AvgIpc) is 2.61. The van der Waals surface area contributed by atoms with E-state index >= 15 is 0 Å². The Kier molecular flexibility index (Phi) is 5.64. The third-order valence-electron chi connectivity index (χ3n) is 3.99. The van der Waals surface area contributed by atoms with Gasteiger partial charge in [0.1, 0.15) is 5.69 Å². The molecule has 0 bridgehead atoms. The van der Waals surface area contributed by atoms with Gasteiger partial charge < -0.3 is 10.0 Å². The van der Waals surface area contributed by atoms with E-state index < -0.39 is 29.7 Å².